The molecule has 2 nitrogen and oxygen atoms in total. The molecule has 1 N–H and O–H groups in total. The molecule has 1 rings (SSSR count). The van der Waals surface area contributed by atoms with Crippen LogP contribution >= 0.6 is 15.9 Å². The van der Waals surface area contributed by atoms with Crippen LogP contribution in [0.4, 0.5) is 13.2 Å². The third-order valence-corrected chi connectivity index (χ3v) is 2.59. The molecule has 0 amide bonds. The summed E-state index contributed by atoms with van der Waals surface area (Å²) in [6.07, 6.45) is -4.32. The Morgan fingerprint density at radius 1 is 1.38 bits per heavy atom. The highest BCUT2D eigenvalue weighted by atomic mass is 79.9. The lowest BCUT2D eigenvalue weighted by Crippen LogP contribution is -2.26. The summed E-state index contributed by atoms with van der Waals surface area (Å²) in [6.45, 7) is 0.415. The molecule has 6 heteroatoms. The van der Waals surface area contributed by atoms with Gasteiger partial charge in [-0.1, -0.05) is 34.1 Å². The van der Waals surface area contributed by atoms with Gasteiger partial charge in [-0.3, -0.25) is 4.84 Å². The zero-order valence-corrected chi connectivity index (χ0v) is 10.1. The van der Waals surface area contributed by atoms with E-state index in [1.165, 1.54) is 0 Å². The van der Waals surface area contributed by atoms with Crippen molar-refractivity contribution in [2.75, 3.05) is 6.61 Å². The summed E-state index contributed by atoms with van der Waals surface area (Å²) in [4.78, 5) is 4.37. The van der Waals surface area contributed by atoms with Crippen molar-refractivity contribution in [3.8, 4) is 0 Å². The third kappa shape index (κ3) is 4.51. The predicted octanol–water partition coefficient (Wildman–Crippen LogP) is 3.59. The number of hydroxylamine groups is 1. The highest BCUT2D eigenvalue weighted by Crippen LogP contribution is 2.23. The Morgan fingerprint density at radius 2 is 2.00 bits per heavy atom. The Morgan fingerprint density at radius 3 is 2.56 bits per heavy atom. The molecule has 0 aliphatic rings. The Hall–Kier alpha value is -0.590. The minimum Gasteiger partial charge on any atom is -0.292 e. The molecule has 0 aliphatic carbocycles. The van der Waals surface area contributed by atoms with Crippen molar-refractivity contribution < 1.29 is 18.0 Å². The molecule has 1 atom stereocenters. The molecule has 1 aromatic rings. The first-order valence-electron chi connectivity index (χ1n) is 4.58. The number of rotatable bonds is 4. The van der Waals surface area contributed by atoms with E-state index in [1.807, 2.05) is 18.2 Å². The minimum absolute atomic E-state index is 0.321. The maximum Gasteiger partial charge on any atom is 0.413 e. The molecule has 1 aromatic carbocycles. The van der Waals surface area contributed by atoms with E-state index in [4.69, 9.17) is 0 Å². The van der Waals surface area contributed by atoms with Gasteiger partial charge in [0.2, 0.25) is 0 Å². The van der Waals surface area contributed by atoms with Gasteiger partial charge in [0.1, 0.15) is 0 Å². The van der Waals surface area contributed by atoms with Crippen LogP contribution in [0.1, 0.15) is 18.5 Å². The van der Waals surface area contributed by atoms with Crippen LogP contribution in [0.25, 0.3) is 0 Å². The molecule has 90 valence electrons. The van der Waals surface area contributed by atoms with Crippen molar-refractivity contribution in [3.63, 3.8) is 0 Å². The van der Waals surface area contributed by atoms with Crippen molar-refractivity contribution in [2.45, 2.75) is 19.1 Å². The van der Waals surface area contributed by atoms with Crippen LogP contribution < -0.4 is 5.48 Å². The van der Waals surface area contributed by atoms with Gasteiger partial charge in [0.25, 0.3) is 0 Å². The molecule has 0 aliphatic heterocycles. The average molecular weight is 298 g/mol. The second-order valence-corrected chi connectivity index (χ2v) is 4.12. The minimum atomic E-state index is -4.32. The molecule has 16 heavy (non-hydrogen) atoms. The van der Waals surface area contributed by atoms with Crippen LogP contribution in [0.15, 0.2) is 28.7 Å². The molecule has 1 unspecified atom stereocenters. The Kier molecular flexibility index (Phi) is 4.76. The van der Waals surface area contributed by atoms with Crippen molar-refractivity contribution >= 4 is 15.9 Å². The summed E-state index contributed by atoms with van der Waals surface area (Å²) < 4.78 is 36.3. The van der Waals surface area contributed by atoms with Crippen LogP contribution in [0, 0.1) is 0 Å². The number of alkyl halides is 3. The van der Waals surface area contributed by atoms with Crippen molar-refractivity contribution in [1.82, 2.24) is 5.48 Å². The summed E-state index contributed by atoms with van der Waals surface area (Å²) in [5.74, 6) is 0. The average Bonchev–Trinajstić information content (AvgIpc) is 2.16. The summed E-state index contributed by atoms with van der Waals surface area (Å²) >= 11 is 3.31. The topological polar surface area (TPSA) is 21.3 Å². The predicted molar refractivity (Wildman–Crippen MR) is 57.7 cm³/mol. The van der Waals surface area contributed by atoms with Crippen molar-refractivity contribution in [3.05, 3.63) is 34.3 Å². The van der Waals surface area contributed by atoms with Crippen LogP contribution in [0.3, 0.4) is 0 Å². The van der Waals surface area contributed by atoms with Gasteiger partial charge in [-0.15, -0.1) is 0 Å². The first kappa shape index (κ1) is 13.5. The van der Waals surface area contributed by atoms with Gasteiger partial charge >= 0.3 is 6.18 Å². The van der Waals surface area contributed by atoms with Gasteiger partial charge in [-0.2, -0.15) is 18.7 Å². The molecule has 0 spiro atoms. The fraction of sp³-hybridized carbons (Fsp3) is 0.400. The quantitative estimate of drug-likeness (QED) is 0.858. The highest BCUT2D eigenvalue weighted by molar-refractivity contribution is 9.10. The summed E-state index contributed by atoms with van der Waals surface area (Å²) in [7, 11) is 0. The molecule has 0 saturated carbocycles. The summed E-state index contributed by atoms with van der Waals surface area (Å²) in [5, 5.41) is 0. The maximum atomic E-state index is 11.8. The van der Waals surface area contributed by atoms with Crippen molar-refractivity contribution in [2.24, 2.45) is 0 Å². The van der Waals surface area contributed by atoms with Gasteiger partial charge in [0, 0.05) is 4.47 Å². The standard InChI is InChI=1S/C10H11BrF3NO/c1-7(15-16-6-10(12,13)14)8-4-2-3-5-9(8)11/h2-5,7,15H,6H2,1H3. The van der Waals surface area contributed by atoms with E-state index in [0.717, 1.165) is 10.0 Å². The fourth-order valence-electron chi connectivity index (χ4n) is 1.14. The van der Waals surface area contributed by atoms with E-state index in [0.29, 0.717) is 0 Å². The fourth-order valence-corrected chi connectivity index (χ4v) is 1.77. The lowest BCUT2D eigenvalue weighted by Gasteiger charge is -2.16. The molecule has 0 heterocycles. The zero-order chi connectivity index (χ0) is 12.2. The lowest BCUT2D eigenvalue weighted by atomic mass is 10.1. The maximum absolute atomic E-state index is 11.8. The summed E-state index contributed by atoms with van der Waals surface area (Å²) in [5.41, 5.74) is 3.18. The molecule has 0 saturated heterocycles. The van der Waals surface area contributed by atoms with Gasteiger partial charge in [0.15, 0.2) is 6.61 Å². The Bertz CT molecular complexity index is 343. The highest BCUT2D eigenvalue weighted by Gasteiger charge is 2.28. The molecule has 0 radical (unpaired) electrons. The first-order chi connectivity index (χ1) is 7.40. The van der Waals surface area contributed by atoms with E-state index >= 15 is 0 Å². The van der Waals surface area contributed by atoms with E-state index < -0.39 is 12.8 Å². The zero-order valence-electron chi connectivity index (χ0n) is 8.51. The largest absolute Gasteiger partial charge is 0.413 e. The normalized spacial score (nSPS) is 13.8. The van der Waals surface area contributed by atoms with Gasteiger partial charge < -0.3 is 0 Å². The van der Waals surface area contributed by atoms with E-state index in [9.17, 15) is 13.2 Å². The van der Waals surface area contributed by atoms with Gasteiger partial charge in [-0.25, -0.2) is 0 Å². The Labute approximate surface area is 99.9 Å². The number of benzene rings is 1. The van der Waals surface area contributed by atoms with E-state index in [2.05, 4.69) is 26.2 Å². The van der Waals surface area contributed by atoms with Crippen LogP contribution in [0.5, 0.6) is 0 Å². The van der Waals surface area contributed by atoms with Gasteiger partial charge in [0.05, 0.1) is 6.04 Å². The molecular weight excluding hydrogens is 287 g/mol. The second kappa shape index (κ2) is 5.65. The van der Waals surface area contributed by atoms with E-state index in [-0.39, 0.29) is 6.04 Å². The van der Waals surface area contributed by atoms with Crippen LogP contribution in [-0.2, 0) is 4.84 Å². The SMILES string of the molecule is CC(NOCC(F)(F)F)c1ccccc1Br. The van der Waals surface area contributed by atoms with Crippen molar-refractivity contribution in [1.29, 1.82) is 0 Å². The van der Waals surface area contributed by atoms with Gasteiger partial charge in [-0.05, 0) is 18.6 Å². The first-order valence-corrected chi connectivity index (χ1v) is 5.38. The molecule has 0 bridgehead atoms. The number of hydrogen-bond donors (Lipinski definition) is 1. The molecular formula is C10H11BrF3NO. The van der Waals surface area contributed by atoms with Crippen LogP contribution in [-0.4, -0.2) is 12.8 Å². The summed E-state index contributed by atoms with van der Waals surface area (Å²) in [6, 6.07) is 6.94. The monoisotopic (exact) mass is 297 g/mol. The van der Waals surface area contributed by atoms with E-state index in [1.54, 1.807) is 13.0 Å². The number of hydrogen-bond acceptors (Lipinski definition) is 2. The Balaban J connectivity index is 2.47. The number of nitrogens with one attached hydrogen (secondary N) is 1. The lowest BCUT2D eigenvalue weighted by molar-refractivity contribution is -0.192. The smallest absolute Gasteiger partial charge is 0.292 e. The third-order valence-electron chi connectivity index (χ3n) is 1.87. The van der Waals surface area contributed by atoms with Crippen LogP contribution in [0.2, 0.25) is 0 Å². The molecule has 0 aromatic heterocycles. The second-order valence-electron chi connectivity index (χ2n) is 3.26. The molecule has 0 fully saturated rings. The number of halogens is 4.